The Labute approximate surface area is 178 Å². The Hall–Kier alpha value is -1.46. The second-order valence-corrected chi connectivity index (χ2v) is 9.41. The zero-order valence-electron chi connectivity index (χ0n) is 17.2. The molecule has 2 aromatic rings. The van der Waals surface area contributed by atoms with Crippen LogP contribution in [0.1, 0.15) is 55.3 Å². The van der Waals surface area contributed by atoms with Crippen molar-refractivity contribution in [3.63, 3.8) is 0 Å². The van der Waals surface area contributed by atoms with Crippen molar-refractivity contribution in [3.8, 4) is 0 Å². The molecular weight excluding hydrogens is 387 g/mol. The summed E-state index contributed by atoms with van der Waals surface area (Å²) in [6.45, 7) is 8.74. The first-order valence-corrected chi connectivity index (χ1v) is 10.9. The van der Waals surface area contributed by atoms with Crippen molar-refractivity contribution in [2.24, 2.45) is 0 Å². The standard InChI is InChI=1S/C24H30ClFN2O/c1-24(2)16-27(11-12-28(24)10-3-13-29)23-15-21(17-4-7-19(26)8-5-17)20-9-6-18(25)14-22(20)23/h4-9,14,21,23,29H,3,10-13,15-16H2,1-2H3/t21-,23+/m0/s1. The summed E-state index contributed by atoms with van der Waals surface area (Å²) in [5, 5.41) is 9.98. The molecule has 0 spiro atoms. The van der Waals surface area contributed by atoms with Crippen molar-refractivity contribution in [1.29, 1.82) is 0 Å². The summed E-state index contributed by atoms with van der Waals surface area (Å²) >= 11 is 6.38. The first-order valence-electron chi connectivity index (χ1n) is 10.5. The van der Waals surface area contributed by atoms with Gasteiger partial charge in [-0.3, -0.25) is 9.80 Å². The largest absolute Gasteiger partial charge is 0.396 e. The lowest BCUT2D eigenvalue weighted by Gasteiger charge is -2.49. The average molecular weight is 417 g/mol. The van der Waals surface area contributed by atoms with E-state index in [4.69, 9.17) is 11.6 Å². The van der Waals surface area contributed by atoms with E-state index in [1.807, 2.05) is 18.2 Å². The Morgan fingerprint density at radius 3 is 2.55 bits per heavy atom. The van der Waals surface area contributed by atoms with Crippen molar-refractivity contribution in [2.75, 3.05) is 32.8 Å². The van der Waals surface area contributed by atoms with Gasteiger partial charge in [0.2, 0.25) is 0 Å². The van der Waals surface area contributed by atoms with Crippen LogP contribution in [0.3, 0.4) is 0 Å². The van der Waals surface area contributed by atoms with Crippen LogP contribution in [0.25, 0.3) is 0 Å². The molecule has 2 atom stereocenters. The van der Waals surface area contributed by atoms with Crippen LogP contribution in [0.4, 0.5) is 4.39 Å². The molecule has 0 saturated carbocycles. The third-order valence-electron chi connectivity index (χ3n) is 6.64. The smallest absolute Gasteiger partial charge is 0.123 e. The maximum absolute atomic E-state index is 13.5. The molecule has 4 rings (SSSR count). The van der Waals surface area contributed by atoms with Crippen molar-refractivity contribution in [2.45, 2.75) is 44.2 Å². The highest BCUT2D eigenvalue weighted by Crippen LogP contribution is 2.48. The van der Waals surface area contributed by atoms with Crippen molar-refractivity contribution >= 4 is 11.6 Å². The molecule has 1 N–H and O–H groups in total. The maximum Gasteiger partial charge on any atom is 0.123 e. The lowest BCUT2D eigenvalue weighted by Crippen LogP contribution is -2.59. The lowest BCUT2D eigenvalue weighted by atomic mass is 9.92. The quantitative estimate of drug-likeness (QED) is 0.755. The minimum Gasteiger partial charge on any atom is -0.396 e. The summed E-state index contributed by atoms with van der Waals surface area (Å²) in [6.07, 6.45) is 1.81. The third-order valence-corrected chi connectivity index (χ3v) is 6.88. The number of nitrogens with zero attached hydrogens (tertiary/aromatic N) is 2. The SMILES string of the molecule is CC1(C)CN([C@@H]2C[C@@H](c3ccc(F)cc3)c3ccc(Cl)cc32)CCN1CCCO. The predicted octanol–water partition coefficient (Wildman–Crippen LogP) is 4.83. The summed E-state index contributed by atoms with van der Waals surface area (Å²) in [5.41, 5.74) is 3.84. The second-order valence-electron chi connectivity index (χ2n) is 8.98. The fourth-order valence-corrected chi connectivity index (χ4v) is 5.34. The highest BCUT2D eigenvalue weighted by molar-refractivity contribution is 6.30. The molecule has 0 aromatic heterocycles. The van der Waals surface area contributed by atoms with Gasteiger partial charge in [-0.15, -0.1) is 0 Å². The van der Waals surface area contributed by atoms with Crippen LogP contribution in [0.15, 0.2) is 42.5 Å². The Morgan fingerprint density at radius 1 is 1.10 bits per heavy atom. The van der Waals surface area contributed by atoms with Crippen LogP contribution in [0.5, 0.6) is 0 Å². The molecular formula is C24H30ClFN2O. The van der Waals surface area contributed by atoms with E-state index in [1.165, 1.54) is 16.7 Å². The molecule has 1 heterocycles. The van der Waals surface area contributed by atoms with Gasteiger partial charge in [0.25, 0.3) is 0 Å². The third kappa shape index (κ3) is 4.22. The molecule has 29 heavy (non-hydrogen) atoms. The van der Waals surface area contributed by atoms with Crippen LogP contribution in [-0.2, 0) is 0 Å². The molecule has 0 radical (unpaired) electrons. The summed E-state index contributed by atoms with van der Waals surface area (Å²) in [7, 11) is 0. The monoisotopic (exact) mass is 416 g/mol. The van der Waals surface area contributed by atoms with Gasteiger partial charge in [0.1, 0.15) is 5.82 Å². The lowest BCUT2D eigenvalue weighted by molar-refractivity contribution is -0.00372. The zero-order chi connectivity index (χ0) is 20.6. The number of hydrogen-bond donors (Lipinski definition) is 1. The van der Waals surface area contributed by atoms with Gasteiger partial charge in [0, 0.05) is 55.3 Å². The Morgan fingerprint density at radius 2 is 1.86 bits per heavy atom. The van der Waals surface area contributed by atoms with Gasteiger partial charge < -0.3 is 5.11 Å². The second kappa shape index (κ2) is 8.35. The molecule has 1 saturated heterocycles. The summed E-state index contributed by atoms with van der Waals surface area (Å²) in [6, 6.07) is 13.5. The number of aliphatic hydroxyl groups is 1. The first kappa shape index (κ1) is 20.8. The number of piperazine rings is 1. The highest BCUT2D eigenvalue weighted by Gasteiger charge is 2.41. The van der Waals surface area contributed by atoms with E-state index < -0.39 is 0 Å². The normalized spacial score (nSPS) is 24.6. The van der Waals surface area contributed by atoms with Crippen molar-refractivity contribution < 1.29 is 9.50 Å². The zero-order valence-corrected chi connectivity index (χ0v) is 18.0. The van der Waals surface area contributed by atoms with Crippen LogP contribution in [-0.4, -0.2) is 53.2 Å². The molecule has 156 valence electrons. The molecule has 1 fully saturated rings. The summed E-state index contributed by atoms with van der Waals surface area (Å²) in [4.78, 5) is 5.08. The Balaban J connectivity index is 1.60. The molecule has 0 unspecified atom stereocenters. The van der Waals surface area contributed by atoms with Crippen LogP contribution < -0.4 is 0 Å². The van der Waals surface area contributed by atoms with E-state index >= 15 is 0 Å². The van der Waals surface area contributed by atoms with Crippen molar-refractivity contribution in [3.05, 3.63) is 70.0 Å². The number of benzene rings is 2. The van der Waals surface area contributed by atoms with Crippen LogP contribution in [0, 0.1) is 5.82 Å². The summed E-state index contributed by atoms with van der Waals surface area (Å²) in [5.74, 6) is 0.0729. The minimum absolute atomic E-state index is 0.0557. The number of fused-ring (bicyclic) bond motifs is 1. The van der Waals surface area contributed by atoms with Gasteiger partial charge in [0.05, 0.1) is 0 Å². The molecule has 2 aromatic carbocycles. The van der Waals surface area contributed by atoms with Crippen LogP contribution in [0.2, 0.25) is 5.02 Å². The molecule has 5 heteroatoms. The van der Waals surface area contributed by atoms with Crippen molar-refractivity contribution in [1.82, 2.24) is 9.80 Å². The molecule has 1 aliphatic heterocycles. The minimum atomic E-state index is -0.194. The van der Waals surface area contributed by atoms with E-state index in [0.29, 0.717) is 6.04 Å². The van der Waals surface area contributed by atoms with E-state index in [9.17, 15) is 9.50 Å². The fourth-order valence-electron chi connectivity index (χ4n) is 5.16. The van der Waals surface area contributed by atoms with Gasteiger partial charge in [-0.1, -0.05) is 29.8 Å². The molecule has 2 aliphatic rings. The number of rotatable bonds is 5. The first-order chi connectivity index (χ1) is 13.9. The van der Waals surface area contributed by atoms with E-state index in [-0.39, 0.29) is 23.9 Å². The average Bonchev–Trinajstić information content (AvgIpc) is 3.05. The van der Waals surface area contributed by atoms with E-state index in [2.05, 4.69) is 35.8 Å². The Kier molecular flexibility index (Phi) is 5.99. The van der Waals surface area contributed by atoms with Gasteiger partial charge >= 0.3 is 0 Å². The molecule has 1 aliphatic carbocycles. The molecule has 0 amide bonds. The number of halogens is 2. The van der Waals surface area contributed by atoms with Gasteiger partial charge in [-0.25, -0.2) is 4.39 Å². The number of hydrogen-bond acceptors (Lipinski definition) is 3. The topological polar surface area (TPSA) is 26.7 Å². The van der Waals surface area contributed by atoms with Crippen LogP contribution >= 0.6 is 11.6 Å². The van der Waals surface area contributed by atoms with Gasteiger partial charge in [-0.2, -0.15) is 0 Å². The predicted molar refractivity (Wildman–Crippen MR) is 116 cm³/mol. The van der Waals surface area contributed by atoms with E-state index in [1.54, 1.807) is 12.1 Å². The fraction of sp³-hybridized carbons (Fsp3) is 0.500. The Bertz CT molecular complexity index is 854. The highest BCUT2D eigenvalue weighted by atomic mass is 35.5. The van der Waals surface area contributed by atoms with E-state index in [0.717, 1.165) is 44.0 Å². The summed E-state index contributed by atoms with van der Waals surface area (Å²) < 4.78 is 13.5. The molecule has 0 bridgehead atoms. The molecule has 3 nitrogen and oxygen atoms in total. The van der Waals surface area contributed by atoms with Gasteiger partial charge in [-0.05, 0) is 67.6 Å². The number of aliphatic hydroxyl groups excluding tert-OH is 1. The maximum atomic E-state index is 13.5. The van der Waals surface area contributed by atoms with Gasteiger partial charge in [0.15, 0.2) is 0 Å².